The van der Waals surface area contributed by atoms with Crippen molar-refractivity contribution >= 4 is 0 Å². The second kappa shape index (κ2) is 39.0. The predicted octanol–water partition coefficient (Wildman–Crippen LogP) is 8.54. The van der Waals surface area contributed by atoms with Gasteiger partial charge in [0.1, 0.15) is 30.2 Å². The normalized spacial score (nSPS) is 34.9. The Morgan fingerprint density at radius 1 is 0.361 bits per heavy atom. The zero-order chi connectivity index (χ0) is 91.5. The van der Waals surface area contributed by atoms with Gasteiger partial charge in [-0.2, -0.15) is 0 Å². The van der Waals surface area contributed by atoms with Crippen molar-refractivity contribution in [3.05, 3.63) is 149 Å². The molecule has 4 spiro atoms. The van der Waals surface area contributed by atoms with Gasteiger partial charge >= 0.3 is 0 Å². The molecule has 4 aromatic carbocycles. The van der Waals surface area contributed by atoms with Crippen LogP contribution in [0, 0.1) is 24.2 Å². The van der Waals surface area contributed by atoms with E-state index in [2.05, 4.69) is 83.2 Å². The summed E-state index contributed by atoms with van der Waals surface area (Å²) in [6.07, 6.45) is 14.0. The molecule has 8 aliphatic heterocycles. The van der Waals surface area contributed by atoms with E-state index in [9.17, 15) is 20.4 Å². The number of nitrogens with zero attached hydrogens (tertiary/aromatic N) is 4. The van der Waals surface area contributed by atoms with Crippen LogP contribution in [-0.4, -0.2) is 349 Å². The Morgan fingerprint density at radius 3 is 1.02 bits per heavy atom. The van der Waals surface area contributed by atoms with E-state index < -0.39 is 92.2 Å². The molecule has 16 aliphatic rings. The number of methoxy groups -OCH3 is 3. The number of piperidine rings is 2. The Morgan fingerprint density at radius 2 is 0.669 bits per heavy atom. The molecule has 4 N–H and O–H groups in total. The molecule has 0 amide bonds. The molecular formula is C104H142N4O25. The van der Waals surface area contributed by atoms with Gasteiger partial charge in [-0.1, -0.05) is 54.6 Å². The van der Waals surface area contributed by atoms with Crippen LogP contribution in [0.5, 0.6) is 40.2 Å². The van der Waals surface area contributed by atoms with Gasteiger partial charge < -0.3 is 120 Å². The largest absolute Gasteiger partial charge is 0.486 e. The number of aliphatic hydroxyl groups is 4. The summed E-state index contributed by atoms with van der Waals surface area (Å²) in [7, 11) is 4.92. The second-order valence-electron chi connectivity index (χ2n) is 40.7. The molecule has 10 unspecified atom stereocenters. The van der Waals surface area contributed by atoms with Gasteiger partial charge in [-0.15, -0.1) is 26.3 Å². The van der Waals surface area contributed by atoms with Crippen molar-refractivity contribution in [3.8, 4) is 40.2 Å². The summed E-state index contributed by atoms with van der Waals surface area (Å²) in [4.78, 5) is 9.64. The summed E-state index contributed by atoms with van der Waals surface area (Å²) in [6, 6.07) is 16.5. The lowest BCUT2D eigenvalue weighted by Crippen LogP contribution is -2.77. The molecule has 0 aromatic heterocycles. The first-order valence-electron chi connectivity index (χ1n) is 49.3. The van der Waals surface area contributed by atoms with Crippen molar-refractivity contribution < 1.29 is 120 Å². The predicted molar refractivity (Wildman–Crippen MR) is 491 cm³/mol. The minimum Gasteiger partial charge on any atom is -0.486 e. The maximum atomic E-state index is 13.6. The van der Waals surface area contributed by atoms with Crippen LogP contribution >= 0.6 is 0 Å². The van der Waals surface area contributed by atoms with Crippen molar-refractivity contribution in [3.63, 3.8) is 0 Å². The molecule has 20 atom stereocenters. The van der Waals surface area contributed by atoms with E-state index in [0.717, 1.165) is 102 Å². The van der Waals surface area contributed by atoms with Crippen molar-refractivity contribution in [1.29, 1.82) is 0 Å². The molecule has 20 rings (SSSR count). The zero-order valence-electron chi connectivity index (χ0n) is 78.6. The average molecular weight is 1850 g/mol. The molecule has 8 heterocycles. The van der Waals surface area contributed by atoms with Crippen LogP contribution in [0.25, 0.3) is 0 Å². The third-order valence-electron chi connectivity index (χ3n) is 34.3. The molecule has 4 aromatic rings. The van der Waals surface area contributed by atoms with E-state index in [-0.39, 0.29) is 130 Å². The molecule has 133 heavy (non-hydrogen) atoms. The number of likely N-dealkylation sites (tertiary alicyclic amines) is 4. The SMILES string of the molecule is C=CCN1CC[C@]23c4c5ccc(OCOCCOC)c4O[C@H]2C(OCCOCC(COCCOC2CC[C@@]4(O)C6Cc7ccc(C)c8c7[C@@]4(CCN6CC=C)C2O8)(COCCOC2CC[C@@]4(O)C6Cc7ccc(OCOCCOC)c8c7[C@@]4(CCN6CC=C)C2O8)COCCOC2CC[C@@]4(O)C6Cc7ccc(OCOCCOC)c8c7[C@@]4(CCN(CC=C)C6)[C@H]2O8)CC[C@@]3(O)C(C5)C1. The Balaban J connectivity index is 0.578. The van der Waals surface area contributed by atoms with Gasteiger partial charge in [0.25, 0.3) is 0 Å². The minimum absolute atomic E-state index is 0.00274. The summed E-state index contributed by atoms with van der Waals surface area (Å²) >= 11 is 0. The molecule has 4 saturated carbocycles. The highest BCUT2D eigenvalue weighted by Gasteiger charge is 2.77. The summed E-state index contributed by atoms with van der Waals surface area (Å²) in [6.45, 7) is 30.3. The van der Waals surface area contributed by atoms with Gasteiger partial charge in [0, 0.05) is 107 Å². The number of ether oxygens (including phenoxy) is 21. The molecule has 29 nitrogen and oxygen atoms in total. The quantitative estimate of drug-likeness (QED) is 0.0183. The highest BCUT2D eigenvalue weighted by molar-refractivity contribution is 5.66. The fourth-order valence-electron chi connectivity index (χ4n) is 28.7. The second-order valence-corrected chi connectivity index (χ2v) is 40.7. The minimum atomic E-state index is -1.13. The lowest BCUT2D eigenvalue weighted by atomic mass is 9.48. The third-order valence-corrected chi connectivity index (χ3v) is 34.3. The van der Waals surface area contributed by atoms with E-state index >= 15 is 0 Å². The van der Waals surface area contributed by atoms with Crippen LogP contribution in [0.15, 0.2) is 99.2 Å². The number of hydrogen-bond acceptors (Lipinski definition) is 29. The molecule has 29 heteroatoms. The molecule has 8 fully saturated rings. The number of rotatable bonds is 50. The van der Waals surface area contributed by atoms with Crippen LogP contribution < -0.4 is 33.2 Å². The van der Waals surface area contributed by atoms with Gasteiger partial charge in [-0.05, 0) is 182 Å². The van der Waals surface area contributed by atoms with Crippen molar-refractivity contribution in [2.45, 2.75) is 215 Å². The van der Waals surface area contributed by atoms with E-state index in [1.807, 2.05) is 42.5 Å². The van der Waals surface area contributed by atoms with Crippen LogP contribution in [0.2, 0.25) is 0 Å². The monoisotopic (exact) mass is 1850 g/mol. The standard InChI is InChI=1S/C104H142N4O25/c1-9-33-105-37-29-97-85-69-15-18-75(127-65-120-44-41-113-6)89(85)131-92(97)78(21-25-101(97,109)73(55-69)59-105)123-51-47-116-61-96(63-118-49-53-125-80-23-27-103(111)82-57-71-14-13-68(5)88-84(71)99(103,94(80)130-88)31-39-107(82)35-11-3,64-119-50-54-126-81-24-28-104(112)83-58-72-17-20-77(129-67-122-46-43-115-8)91-87(72)100(104,95(81)133-91)32-40-108(83)36-12-4)62-117-48-52-124-79-22-26-102(110)74-56-70-16-19-76(128-66-121-45-42-114-7)90-86(70)98(102,93(79)132-90)30-38-106(60-74)34-10-2/h9-20,73-74,78-83,92-95,109-112H,1-4,21-67H2,5-8H3/t73?,74?,78?,79?,80?,81?,82?,83?,92-,93-,94?,95?,96?,97-,98-,99-,100-,101+,102+,103+,104+/m0/s1. The van der Waals surface area contributed by atoms with Crippen LogP contribution in [-0.2, 0) is 114 Å². The van der Waals surface area contributed by atoms with Gasteiger partial charge in [-0.25, -0.2) is 0 Å². The van der Waals surface area contributed by atoms with Gasteiger partial charge in [-0.3, -0.25) is 19.6 Å². The molecular weight excluding hydrogens is 1710 g/mol. The Kier molecular flexibility index (Phi) is 27.6. The first kappa shape index (κ1) is 94.2. The van der Waals surface area contributed by atoms with E-state index in [4.69, 9.17) is 99.5 Å². The molecule has 728 valence electrons. The summed E-state index contributed by atoms with van der Waals surface area (Å²) in [5, 5.41) is 54.2. The fraction of sp³-hybridized carbons (Fsp3) is 0.692. The van der Waals surface area contributed by atoms with Gasteiger partial charge in [0.05, 0.1) is 193 Å². The van der Waals surface area contributed by atoms with E-state index in [1.54, 1.807) is 21.3 Å². The maximum Gasteiger partial charge on any atom is 0.189 e. The Hall–Kier alpha value is -6.44. The fourth-order valence-corrected chi connectivity index (χ4v) is 28.7. The number of hydrogen-bond donors (Lipinski definition) is 4. The van der Waals surface area contributed by atoms with E-state index in [1.165, 1.54) is 5.56 Å². The Bertz CT molecular complexity index is 4680. The first-order chi connectivity index (χ1) is 64.9. The molecule has 4 saturated heterocycles. The Labute approximate surface area is 783 Å². The summed E-state index contributed by atoms with van der Waals surface area (Å²) in [5.41, 5.74) is 1.60. The summed E-state index contributed by atoms with van der Waals surface area (Å²) in [5.74, 6) is 4.41. The van der Waals surface area contributed by atoms with Crippen molar-refractivity contribution in [2.75, 3.05) is 226 Å². The highest BCUT2D eigenvalue weighted by atomic mass is 16.7. The first-order valence-corrected chi connectivity index (χ1v) is 49.3. The number of benzene rings is 4. The lowest BCUT2D eigenvalue weighted by Gasteiger charge is -2.64. The van der Waals surface area contributed by atoms with Crippen LogP contribution in [0.1, 0.15) is 127 Å². The molecule has 8 aliphatic carbocycles. The highest BCUT2D eigenvalue weighted by Crippen LogP contribution is 2.71. The molecule has 0 radical (unpaired) electrons. The molecule has 8 bridgehead atoms. The summed E-state index contributed by atoms with van der Waals surface area (Å²) < 4.78 is 138. The average Bonchev–Trinajstić information content (AvgIpc) is 1.56. The smallest absolute Gasteiger partial charge is 0.189 e. The lowest BCUT2D eigenvalue weighted by molar-refractivity contribution is -0.216. The van der Waals surface area contributed by atoms with Gasteiger partial charge in [0.15, 0.2) is 54.9 Å². The number of aryl methyl sites for hydroxylation is 1. The zero-order valence-corrected chi connectivity index (χ0v) is 78.6. The topological polar surface area (TPSA) is 288 Å². The maximum absolute atomic E-state index is 13.6. The third kappa shape index (κ3) is 15.6. The van der Waals surface area contributed by atoms with Crippen LogP contribution in [0.3, 0.4) is 0 Å². The van der Waals surface area contributed by atoms with Crippen LogP contribution in [0.4, 0.5) is 0 Å². The van der Waals surface area contributed by atoms with Gasteiger partial charge in [0.2, 0.25) is 0 Å². The van der Waals surface area contributed by atoms with Crippen molar-refractivity contribution in [1.82, 2.24) is 19.6 Å². The van der Waals surface area contributed by atoms with Crippen molar-refractivity contribution in [2.24, 2.45) is 17.3 Å². The van der Waals surface area contributed by atoms with E-state index in [0.29, 0.717) is 190 Å².